The van der Waals surface area contributed by atoms with Gasteiger partial charge in [-0.25, -0.2) is 13.6 Å². The number of halogens is 3. The van der Waals surface area contributed by atoms with Gasteiger partial charge in [0.2, 0.25) is 10.0 Å². The first kappa shape index (κ1) is 15.9. The zero-order valence-electron chi connectivity index (χ0n) is 10.3. The molecule has 2 atom stereocenters. The summed E-state index contributed by atoms with van der Waals surface area (Å²) in [7, 11) is -4.11. The van der Waals surface area contributed by atoms with Crippen molar-refractivity contribution in [2.24, 2.45) is 11.1 Å². The Morgan fingerprint density at radius 3 is 2.35 bits per heavy atom. The summed E-state index contributed by atoms with van der Waals surface area (Å²) < 4.78 is 22.9. The van der Waals surface area contributed by atoms with Crippen molar-refractivity contribution in [3.8, 4) is 0 Å². The van der Waals surface area contributed by atoms with E-state index in [2.05, 4.69) is 5.32 Å². The van der Waals surface area contributed by atoms with Crippen molar-refractivity contribution >= 4 is 50.7 Å². The molecular formula is C11H11Cl3N2O3S. The van der Waals surface area contributed by atoms with Crippen molar-refractivity contribution in [3.05, 3.63) is 26.7 Å². The van der Waals surface area contributed by atoms with Crippen LogP contribution < -0.4 is 10.5 Å². The SMILES string of the molecule is CC1CC1NC(=O)c1c(Cl)c(Cl)cc(S(N)(=O)=O)c1Cl. The van der Waals surface area contributed by atoms with E-state index in [9.17, 15) is 13.2 Å². The van der Waals surface area contributed by atoms with Crippen LogP contribution >= 0.6 is 34.8 Å². The second-order valence-electron chi connectivity index (χ2n) is 4.70. The summed E-state index contributed by atoms with van der Waals surface area (Å²) in [4.78, 5) is 11.7. The molecule has 1 aromatic carbocycles. The fourth-order valence-corrected chi connectivity index (χ4v) is 3.49. The molecule has 0 bridgehead atoms. The highest BCUT2D eigenvalue weighted by Crippen LogP contribution is 2.37. The molecule has 1 saturated carbocycles. The molecule has 1 amide bonds. The van der Waals surface area contributed by atoms with Crippen LogP contribution in [0.4, 0.5) is 0 Å². The Bertz CT molecular complexity index is 691. The molecule has 2 rings (SSSR count). The summed E-state index contributed by atoms with van der Waals surface area (Å²) in [5, 5.41) is 7.21. The standard InChI is InChI=1S/C11H11Cl3N2O3S/c1-4-2-6(4)16-11(17)8-9(13)5(12)3-7(10(8)14)20(15,18)19/h3-4,6H,2H2,1H3,(H,16,17)(H2,15,18,19). The molecule has 9 heteroatoms. The van der Waals surface area contributed by atoms with Crippen LogP contribution in [0.25, 0.3) is 0 Å². The Kier molecular flexibility index (Phi) is 4.24. The monoisotopic (exact) mass is 356 g/mol. The molecule has 0 aliphatic heterocycles. The molecule has 1 aliphatic carbocycles. The molecule has 3 N–H and O–H groups in total. The summed E-state index contributed by atoms with van der Waals surface area (Å²) in [6.07, 6.45) is 0.851. The van der Waals surface area contributed by atoms with E-state index in [0.29, 0.717) is 5.92 Å². The van der Waals surface area contributed by atoms with E-state index < -0.39 is 20.8 Å². The first-order valence-electron chi connectivity index (χ1n) is 5.64. The van der Waals surface area contributed by atoms with Crippen LogP contribution in [0.5, 0.6) is 0 Å². The third-order valence-corrected chi connectivity index (χ3v) is 5.31. The molecule has 0 spiro atoms. The van der Waals surface area contributed by atoms with E-state index in [0.717, 1.165) is 12.5 Å². The van der Waals surface area contributed by atoms with Crippen molar-refractivity contribution in [2.45, 2.75) is 24.3 Å². The fraction of sp³-hybridized carbons (Fsp3) is 0.364. The molecule has 110 valence electrons. The van der Waals surface area contributed by atoms with E-state index in [4.69, 9.17) is 39.9 Å². The summed E-state index contributed by atoms with van der Waals surface area (Å²) in [5.41, 5.74) is -0.177. The van der Waals surface area contributed by atoms with Crippen LogP contribution in [0.1, 0.15) is 23.7 Å². The van der Waals surface area contributed by atoms with Gasteiger partial charge in [0.25, 0.3) is 5.91 Å². The lowest BCUT2D eigenvalue weighted by Gasteiger charge is -2.12. The molecule has 0 saturated heterocycles. The van der Waals surface area contributed by atoms with E-state index >= 15 is 0 Å². The number of rotatable bonds is 3. The number of primary sulfonamides is 1. The lowest BCUT2D eigenvalue weighted by molar-refractivity contribution is 0.0949. The van der Waals surface area contributed by atoms with Crippen molar-refractivity contribution in [3.63, 3.8) is 0 Å². The number of carbonyl (C=O) groups is 1. The third kappa shape index (κ3) is 3.04. The van der Waals surface area contributed by atoms with Crippen LogP contribution in [-0.2, 0) is 10.0 Å². The quantitative estimate of drug-likeness (QED) is 0.814. The predicted octanol–water partition coefficient (Wildman–Crippen LogP) is 2.43. The number of carbonyl (C=O) groups excluding carboxylic acids is 1. The zero-order valence-corrected chi connectivity index (χ0v) is 13.4. The normalized spacial score (nSPS) is 21.6. The van der Waals surface area contributed by atoms with Gasteiger partial charge in [-0.1, -0.05) is 41.7 Å². The van der Waals surface area contributed by atoms with Gasteiger partial charge in [0.15, 0.2) is 0 Å². The highest BCUT2D eigenvalue weighted by Gasteiger charge is 2.35. The largest absolute Gasteiger partial charge is 0.349 e. The van der Waals surface area contributed by atoms with Gasteiger partial charge in [-0.05, 0) is 18.4 Å². The third-order valence-electron chi connectivity index (χ3n) is 3.08. The van der Waals surface area contributed by atoms with Gasteiger partial charge in [-0.15, -0.1) is 0 Å². The van der Waals surface area contributed by atoms with Crippen LogP contribution in [-0.4, -0.2) is 20.4 Å². The summed E-state index contributed by atoms with van der Waals surface area (Å²) in [5.74, 6) is -0.199. The minimum Gasteiger partial charge on any atom is -0.349 e. The van der Waals surface area contributed by atoms with Gasteiger partial charge >= 0.3 is 0 Å². The fourth-order valence-electron chi connectivity index (χ4n) is 1.75. The van der Waals surface area contributed by atoms with Crippen LogP contribution in [0.3, 0.4) is 0 Å². The predicted molar refractivity (Wildman–Crippen MR) is 77.9 cm³/mol. The van der Waals surface area contributed by atoms with Crippen molar-refractivity contribution < 1.29 is 13.2 Å². The number of amides is 1. The number of hydrogen-bond donors (Lipinski definition) is 2. The lowest BCUT2D eigenvalue weighted by Crippen LogP contribution is -2.28. The minimum atomic E-state index is -4.11. The Hall–Kier alpha value is -0.530. The van der Waals surface area contributed by atoms with Crippen molar-refractivity contribution in [2.75, 3.05) is 0 Å². The molecule has 1 aliphatic rings. The molecule has 20 heavy (non-hydrogen) atoms. The Morgan fingerprint density at radius 2 is 1.90 bits per heavy atom. The topological polar surface area (TPSA) is 89.3 Å². The van der Waals surface area contributed by atoms with E-state index in [1.165, 1.54) is 0 Å². The van der Waals surface area contributed by atoms with Crippen molar-refractivity contribution in [1.82, 2.24) is 5.32 Å². The number of nitrogens with two attached hydrogens (primary N) is 1. The first-order valence-corrected chi connectivity index (χ1v) is 8.32. The summed E-state index contributed by atoms with van der Waals surface area (Å²) in [6, 6.07) is 1.06. The molecule has 1 aromatic rings. The maximum Gasteiger partial charge on any atom is 0.254 e. The molecule has 2 unspecified atom stereocenters. The highest BCUT2D eigenvalue weighted by atomic mass is 35.5. The number of sulfonamides is 1. The molecular weight excluding hydrogens is 347 g/mol. The second-order valence-corrected chi connectivity index (χ2v) is 7.39. The maximum atomic E-state index is 12.1. The van der Waals surface area contributed by atoms with Crippen LogP contribution in [0.15, 0.2) is 11.0 Å². The van der Waals surface area contributed by atoms with E-state index in [1.54, 1.807) is 0 Å². The number of nitrogens with one attached hydrogen (secondary N) is 1. The summed E-state index contributed by atoms with van der Waals surface area (Å²) in [6.45, 7) is 1.97. The van der Waals surface area contributed by atoms with Crippen LogP contribution in [0.2, 0.25) is 15.1 Å². The van der Waals surface area contributed by atoms with E-state index in [-0.39, 0.29) is 26.7 Å². The van der Waals surface area contributed by atoms with Gasteiger partial charge in [-0.3, -0.25) is 4.79 Å². The average molecular weight is 358 g/mol. The smallest absolute Gasteiger partial charge is 0.254 e. The van der Waals surface area contributed by atoms with E-state index in [1.807, 2.05) is 6.92 Å². The second kappa shape index (κ2) is 5.35. The Labute approximate surface area is 131 Å². The molecule has 0 radical (unpaired) electrons. The maximum absolute atomic E-state index is 12.1. The minimum absolute atomic E-state index is 0.0338. The van der Waals surface area contributed by atoms with Crippen LogP contribution in [0, 0.1) is 5.92 Å². The molecule has 5 nitrogen and oxygen atoms in total. The Morgan fingerprint density at radius 1 is 1.35 bits per heavy atom. The Balaban J connectivity index is 2.51. The number of hydrogen-bond acceptors (Lipinski definition) is 3. The molecule has 0 heterocycles. The first-order chi connectivity index (χ1) is 9.12. The molecule has 1 fully saturated rings. The summed E-state index contributed by atoms with van der Waals surface area (Å²) >= 11 is 17.7. The van der Waals surface area contributed by atoms with Gasteiger partial charge in [0, 0.05) is 6.04 Å². The van der Waals surface area contributed by atoms with Gasteiger partial charge < -0.3 is 5.32 Å². The highest BCUT2D eigenvalue weighted by molar-refractivity contribution is 7.89. The molecule has 0 aromatic heterocycles. The van der Waals surface area contributed by atoms with Gasteiger partial charge in [0.1, 0.15) is 4.90 Å². The number of benzene rings is 1. The van der Waals surface area contributed by atoms with Crippen molar-refractivity contribution in [1.29, 1.82) is 0 Å². The van der Waals surface area contributed by atoms with Gasteiger partial charge in [-0.2, -0.15) is 0 Å². The zero-order chi connectivity index (χ0) is 15.2. The lowest BCUT2D eigenvalue weighted by atomic mass is 10.2. The van der Waals surface area contributed by atoms with Gasteiger partial charge in [0.05, 0.1) is 20.6 Å². The average Bonchev–Trinajstić information content (AvgIpc) is 2.98.